The number of nitrogens with two attached hydrogens (primary N) is 1. The Bertz CT molecular complexity index is 347. The Hall–Kier alpha value is -1.25. The lowest BCUT2D eigenvalue weighted by atomic mass is 9.79. The Morgan fingerprint density at radius 3 is 2.64 bits per heavy atom. The van der Waals surface area contributed by atoms with Crippen LogP contribution in [0.1, 0.15) is 30.7 Å². The molecule has 0 amide bonds. The van der Waals surface area contributed by atoms with Crippen molar-refractivity contribution in [3.63, 3.8) is 0 Å². The summed E-state index contributed by atoms with van der Waals surface area (Å²) in [5, 5.41) is 0. The van der Waals surface area contributed by atoms with Crippen LogP contribution in [0.3, 0.4) is 0 Å². The number of ether oxygens (including phenoxy) is 1. The number of rotatable bonds is 2. The molecule has 1 aromatic rings. The van der Waals surface area contributed by atoms with Crippen LogP contribution in [-0.4, -0.2) is 7.11 Å². The molecule has 14 heavy (non-hydrogen) atoms. The highest BCUT2D eigenvalue weighted by Crippen LogP contribution is 2.43. The molecule has 0 aromatic heterocycles. The van der Waals surface area contributed by atoms with Crippen molar-refractivity contribution in [2.45, 2.75) is 25.2 Å². The first-order valence-corrected chi connectivity index (χ1v) is 4.86. The van der Waals surface area contributed by atoms with Crippen LogP contribution in [0.5, 0.6) is 5.75 Å². The SMILES string of the molecule is COc1ccc(N)c(F)c1C1CCC1. The summed E-state index contributed by atoms with van der Waals surface area (Å²) in [6.07, 6.45) is 3.25. The van der Waals surface area contributed by atoms with Crippen molar-refractivity contribution in [2.24, 2.45) is 0 Å². The van der Waals surface area contributed by atoms with Gasteiger partial charge in [0.05, 0.1) is 12.8 Å². The van der Waals surface area contributed by atoms with E-state index >= 15 is 0 Å². The van der Waals surface area contributed by atoms with Crippen LogP contribution in [0.4, 0.5) is 10.1 Å². The molecule has 1 aromatic carbocycles. The molecule has 2 nitrogen and oxygen atoms in total. The van der Waals surface area contributed by atoms with Crippen molar-refractivity contribution in [2.75, 3.05) is 12.8 Å². The molecular formula is C11H14FNO. The third kappa shape index (κ3) is 1.33. The molecule has 0 aliphatic heterocycles. The highest BCUT2D eigenvalue weighted by Gasteiger charge is 2.27. The average molecular weight is 195 g/mol. The van der Waals surface area contributed by atoms with E-state index in [1.54, 1.807) is 19.2 Å². The van der Waals surface area contributed by atoms with Crippen LogP contribution in [0.25, 0.3) is 0 Å². The van der Waals surface area contributed by atoms with Gasteiger partial charge in [-0.1, -0.05) is 6.42 Å². The second-order valence-electron chi connectivity index (χ2n) is 3.71. The van der Waals surface area contributed by atoms with Gasteiger partial charge >= 0.3 is 0 Å². The van der Waals surface area contributed by atoms with Gasteiger partial charge in [-0.3, -0.25) is 0 Å². The fourth-order valence-corrected chi connectivity index (χ4v) is 1.85. The largest absolute Gasteiger partial charge is 0.496 e. The quantitative estimate of drug-likeness (QED) is 0.736. The first kappa shape index (κ1) is 9.31. The second-order valence-corrected chi connectivity index (χ2v) is 3.71. The molecule has 1 saturated carbocycles. The Kier molecular flexibility index (Phi) is 2.32. The molecule has 76 valence electrons. The van der Waals surface area contributed by atoms with Gasteiger partial charge in [0, 0.05) is 5.56 Å². The van der Waals surface area contributed by atoms with Gasteiger partial charge in [0.25, 0.3) is 0 Å². The van der Waals surface area contributed by atoms with Crippen molar-refractivity contribution in [3.05, 3.63) is 23.5 Å². The van der Waals surface area contributed by atoms with Crippen molar-refractivity contribution in [3.8, 4) is 5.75 Å². The van der Waals surface area contributed by atoms with Crippen LogP contribution < -0.4 is 10.5 Å². The summed E-state index contributed by atoms with van der Waals surface area (Å²) in [7, 11) is 1.56. The van der Waals surface area contributed by atoms with E-state index in [1.165, 1.54) is 6.42 Å². The Morgan fingerprint density at radius 1 is 1.43 bits per heavy atom. The molecule has 3 heteroatoms. The van der Waals surface area contributed by atoms with Crippen molar-refractivity contribution in [1.29, 1.82) is 0 Å². The Morgan fingerprint density at radius 2 is 2.14 bits per heavy atom. The monoisotopic (exact) mass is 195 g/mol. The number of hydrogen-bond donors (Lipinski definition) is 1. The number of benzene rings is 1. The first-order valence-electron chi connectivity index (χ1n) is 4.86. The molecule has 0 unspecified atom stereocenters. The standard InChI is InChI=1S/C11H14FNO/c1-14-9-6-5-8(13)11(12)10(9)7-3-2-4-7/h5-7H,2-4,13H2,1H3. The molecule has 1 fully saturated rings. The summed E-state index contributed by atoms with van der Waals surface area (Å²) < 4.78 is 18.9. The van der Waals surface area contributed by atoms with Crippen LogP contribution in [0, 0.1) is 5.82 Å². The lowest BCUT2D eigenvalue weighted by Crippen LogP contribution is -2.13. The lowest BCUT2D eigenvalue weighted by Gasteiger charge is -2.28. The van der Waals surface area contributed by atoms with E-state index in [2.05, 4.69) is 0 Å². The number of methoxy groups -OCH3 is 1. The lowest BCUT2D eigenvalue weighted by molar-refractivity contribution is 0.362. The number of hydrogen-bond acceptors (Lipinski definition) is 2. The van der Waals surface area contributed by atoms with Crippen LogP contribution >= 0.6 is 0 Å². The summed E-state index contributed by atoms with van der Waals surface area (Å²) in [5.74, 6) is 0.629. The molecule has 0 saturated heterocycles. The van der Waals surface area contributed by atoms with Gasteiger partial charge < -0.3 is 10.5 Å². The molecule has 1 aliphatic carbocycles. The molecule has 0 heterocycles. The third-order valence-electron chi connectivity index (χ3n) is 2.90. The highest BCUT2D eigenvalue weighted by atomic mass is 19.1. The van der Waals surface area contributed by atoms with Gasteiger partial charge in [0.2, 0.25) is 0 Å². The molecule has 1 aliphatic rings. The van der Waals surface area contributed by atoms with Gasteiger partial charge in [-0.25, -0.2) is 4.39 Å². The average Bonchev–Trinajstić information content (AvgIpc) is 2.10. The Balaban J connectivity index is 2.46. The Labute approximate surface area is 82.9 Å². The van der Waals surface area contributed by atoms with Gasteiger partial charge in [-0.2, -0.15) is 0 Å². The van der Waals surface area contributed by atoms with E-state index in [1.807, 2.05) is 0 Å². The summed E-state index contributed by atoms with van der Waals surface area (Å²) in [5.41, 5.74) is 6.41. The minimum Gasteiger partial charge on any atom is -0.496 e. The fraction of sp³-hybridized carbons (Fsp3) is 0.455. The molecule has 0 radical (unpaired) electrons. The minimum atomic E-state index is -0.297. The van der Waals surface area contributed by atoms with Crippen molar-refractivity contribution < 1.29 is 9.13 Å². The predicted molar refractivity (Wildman–Crippen MR) is 54.0 cm³/mol. The second kappa shape index (κ2) is 3.48. The molecule has 2 rings (SSSR count). The van der Waals surface area contributed by atoms with Gasteiger partial charge in [0.1, 0.15) is 5.75 Å². The van der Waals surface area contributed by atoms with Crippen molar-refractivity contribution >= 4 is 5.69 Å². The zero-order chi connectivity index (χ0) is 10.1. The van der Waals surface area contributed by atoms with E-state index < -0.39 is 0 Å². The molecule has 2 N–H and O–H groups in total. The zero-order valence-corrected chi connectivity index (χ0v) is 8.22. The first-order chi connectivity index (χ1) is 6.74. The summed E-state index contributed by atoms with van der Waals surface area (Å²) in [4.78, 5) is 0. The maximum atomic E-state index is 13.7. The third-order valence-corrected chi connectivity index (χ3v) is 2.90. The highest BCUT2D eigenvalue weighted by molar-refractivity contribution is 5.51. The van der Waals surface area contributed by atoms with Gasteiger partial charge in [-0.05, 0) is 30.9 Å². The molecule has 0 spiro atoms. The van der Waals surface area contributed by atoms with Gasteiger partial charge in [-0.15, -0.1) is 0 Å². The summed E-state index contributed by atoms with van der Waals surface area (Å²) in [6.45, 7) is 0. The number of nitrogen functional groups attached to an aromatic ring is 1. The number of halogens is 1. The van der Waals surface area contributed by atoms with Crippen LogP contribution in [0.2, 0.25) is 0 Å². The van der Waals surface area contributed by atoms with Crippen LogP contribution in [0.15, 0.2) is 12.1 Å². The minimum absolute atomic E-state index is 0.215. The molecule has 0 bridgehead atoms. The maximum absolute atomic E-state index is 13.7. The topological polar surface area (TPSA) is 35.2 Å². The van der Waals surface area contributed by atoms with E-state index in [-0.39, 0.29) is 11.5 Å². The summed E-state index contributed by atoms with van der Waals surface area (Å²) in [6, 6.07) is 3.29. The summed E-state index contributed by atoms with van der Waals surface area (Å²) >= 11 is 0. The predicted octanol–water partition coefficient (Wildman–Crippen LogP) is 2.68. The fourth-order valence-electron chi connectivity index (χ4n) is 1.85. The van der Waals surface area contributed by atoms with E-state index in [9.17, 15) is 4.39 Å². The van der Waals surface area contributed by atoms with Crippen molar-refractivity contribution in [1.82, 2.24) is 0 Å². The number of anilines is 1. The normalized spacial score (nSPS) is 16.4. The maximum Gasteiger partial charge on any atom is 0.153 e. The van der Waals surface area contributed by atoms with E-state index in [4.69, 9.17) is 10.5 Å². The van der Waals surface area contributed by atoms with E-state index in [0.29, 0.717) is 17.2 Å². The molecular weight excluding hydrogens is 181 g/mol. The van der Waals surface area contributed by atoms with E-state index in [0.717, 1.165) is 12.8 Å². The van der Waals surface area contributed by atoms with Crippen LogP contribution in [-0.2, 0) is 0 Å². The van der Waals surface area contributed by atoms with Gasteiger partial charge in [0.15, 0.2) is 5.82 Å². The zero-order valence-electron chi connectivity index (χ0n) is 8.22. The molecule has 0 atom stereocenters. The smallest absolute Gasteiger partial charge is 0.153 e.